The van der Waals surface area contributed by atoms with Gasteiger partial charge in [-0.15, -0.1) is 11.3 Å². The quantitative estimate of drug-likeness (QED) is 0.530. The molecule has 0 aliphatic carbocycles. The summed E-state index contributed by atoms with van der Waals surface area (Å²) in [6.07, 6.45) is 3.10. The van der Waals surface area contributed by atoms with Gasteiger partial charge in [0.2, 0.25) is 5.91 Å². The van der Waals surface area contributed by atoms with Crippen molar-refractivity contribution in [3.05, 3.63) is 65.7 Å². The molecule has 27 heavy (non-hydrogen) atoms. The Morgan fingerprint density at radius 1 is 1.19 bits per heavy atom. The molecule has 2 N–H and O–H groups in total. The molecule has 3 heterocycles. The molecule has 0 aliphatic heterocycles. The zero-order chi connectivity index (χ0) is 18.6. The van der Waals surface area contributed by atoms with Crippen molar-refractivity contribution < 1.29 is 9.21 Å². The summed E-state index contributed by atoms with van der Waals surface area (Å²) in [6, 6.07) is 11.9. The highest BCUT2D eigenvalue weighted by molar-refractivity contribution is 7.17. The summed E-state index contributed by atoms with van der Waals surface area (Å²) in [7, 11) is 0. The van der Waals surface area contributed by atoms with Crippen molar-refractivity contribution in [2.75, 3.05) is 11.9 Å². The number of aryl methyl sites for hydroxylation is 1. The first-order valence-corrected chi connectivity index (χ1v) is 9.41. The summed E-state index contributed by atoms with van der Waals surface area (Å²) < 4.78 is 5.21. The summed E-state index contributed by atoms with van der Waals surface area (Å²) in [4.78, 5) is 21.7. The molecule has 0 spiro atoms. The number of carbonyl (C=O) groups excluding carboxylic acids is 1. The van der Waals surface area contributed by atoms with Gasteiger partial charge in [-0.05, 0) is 24.6 Å². The van der Waals surface area contributed by atoms with E-state index in [4.69, 9.17) is 4.42 Å². The fourth-order valence-electron chi connectivity index (χ4n) is 2.78. The van der Waals surface area contributed by atoms with E-state index in [9.17, 15) is 4.79 Å². The maximum atomic E-state index is 12.1. The van der Waals surface area contributed by atoms with Crippen LogP contribution < -0.4 is 10.6 Å². The molecule has 0 fully saturated rings. The standard InChI is InChI=1S/C20H18N4O2S/c1-13-4-6-14(7-5-13)16-11-27-20-18(16)19(23-12-24-20)22-10-17(25)21-9-15-3-2-8-26-15/h2-8,11-12H,9-10H2,1H3,(H,21,25)(H,22,23,24). The largest absolute Gasteiger partial charge is 0.467 e. The van der Waals surface area contributed by atoms with E-state index in [2.05, 4.69) is 57.2 Å². The summed E-state index contributed by atoms with van der Waals surface area (Å²) >= 11 is 1.57. The van der Waals surface area contributed by atoms with Gasteiger partial charge in [0.05, 0.1) is 24.7 Å². The van der Waals surface area contributed by atoms with E-state index in [0.29, 0.717) is 18.1 Å². The lowest BCUT2D eigenvalue weighted by atomic mass is 10.0. The monoisotopic (exact) mass is 378 g/mol. The van der Waals surface area contributed by atoms with E-state index in [-0.39, 0.29) is 12.5 Å². The molecule has 7 heteroatoms. The molecule has 0 atom stereocenters. The van der Waals surface area contributed by atoms with Gasteiger partial charge in [-0.1, -0.05) is 29.8 Å². The molecule has 1 aromatic carbocycles. The van der Waals surface area contributed by atoms with Crippen molar-refractivity contribution in [1.82, 2.24) is 15.3 Å². The number of carbonyl (C=O) groups is 1. The summed E-state index contributed by atoms with van der Waals surface area (Å²) in [5.74, 6) is 1.24. The van der Waals surface area contributed by atoms with E-state index in [1.165, 1.54) is 11.9 Å². The maximum Gasteiger partial charge on any atom is 0.239 e. The minimum absolute atomic E-state index is 0.121. The number of hydrogen-bond acceptors (Lipinski definition) is 6. The Balaban J connectivity index is 1.52. The van der Waals surface area contributed by atoms with Gasteiger partial charge in [-0.25, -0.2) is 9.97 Å². The van der Waals surface area contributed by atoms with Crippen molar-refractivity contribution in [3.8, 4) is 11.1 Å². The van der Waals surface area contributed by atoms with Crippen molar-refractivity contribution >= 4 is 33.3 Å². The van der Waals surface area contributed by atoms with Crippen LogP contribution >= 0.6 is 11.3 Å². The first kappa shape index (κ1) is 17.2. The Bertz CT molecular complexity index is 1060. The van der Waals surface area contributed by atoms with Crippen LogP contribution in [0.4, 0.5) is 5.82 Å². The number of benzene rings is 1. The number of aromatic nitrogens is 2. The van der Waals surface area contributed by atoms with Gasteiger partial charge >= 0.3 is 0 Å². The third kappa shape index (κ3) is 3.83. The Morgan fingerprint density at radius 2 is 2.04 bits per heavy atom. The lowest BCUT2D eigenvalue weighted by Crippen LogP contribution is -2.29. The van der Waals surface area contributed by atoms with Crippen LogP contribution in [0, 0.1) is 6.92 Å². The Morgan fingerprint density at radius 3 is 2.81 bits per heavy atom. The van der Waals surface area contributed by atoms with E-state index in [1.54, 1.807) is 23.7 Å². The van der Waals surface area contributed by atoms with E-state index in [0.717, 1.165) is 21.3 Å². The number of thiophene rings is 1. The molecule has 4 aromatic rings. The van der Waals surface area contributed by atoms with Gasteiger partial charge in [0.25, 0.3) is 0 Å². The van der Waals surface area contributed by atoms with Crippen LogP contribution in [0.15, 0.2) is 58.8 Å². The SMILES string of the molecule is Cc1ccc(-c2csc3ncnc(NCC(=O)NCc4ccco4)c23)cc1. The summed E-state index contributed by atoms with van der Waals surface area (Å²) in [5.41, 5.74) is 3.38. The van der Waals surface area contributed by atoms with Crippen LogP contribution in [-0.2, 0) is 11.3 Å². The first-order valence-electron chi connectivity index (χ1n) is 8.53. The molecular weight excluding hydrogens is 360 g/mol. The fraction of sp³-hybridized carbons (Fsp3) is 0.150. The van der Waals surface area contributed by atoms with Crippen LogP contribution in [0.3, 0.4) is 0 Å². The van der Waals surface area contributed by atoms with Gasteiger partial charge in [0.1, 0.15) is 22.7 Å². The minimum atomic E-state index is -0.134. The van der Waals surface area contributed by atoms with Gasteiger partial charge in [-0.2, -0.15) is 0 Å². The smallest absolute Gasteiger partial charge is 0.239 e. The number of fused-ring (bicyclic) bond motifs is 1. The number of hydrogen-bond donors (Lipinski definition) is 2. The molecule has 0 radical (unpaired) electrons. The normalized spacial score (nSPS) is 10.9. The topological polar surface area (TPSA) is 80.0 Å². The highest BCUT2D eigenvalue weighted by Gasteiger charge is 2.14. The fourth-order valence-corrected chi connectivity index (χ4v) is 3.70. The first-order chi connectivity index (χ1) is 13.2. The van der Waals surface area contributed by atoms with Crippen molar-refractivity contribution in [1.29, 1.82) is 0 Å². The molecule has 0 saturated carbocycles. The van der Waals surface area contributed by atoms with Crippen LogP contribution in [0.25, 0.3) is 21.3 Å². The lowest BCUT2D eigenvalue weighted by Gasteiger charge is -2.09. The van der Waals surface area contributed by atoms with Crippen LogP contribution in [0.1, 0.15) is 11.3 Å². The molecule has 0 unspecified atom stereocenters. The molecule has 3 aromatic heterocycles. The molecule has 0 bridgehead atoms. The highest BCUT2D eigenvalue weighted by Crippen LogP contribution is 2.36. The number of anilines is 1. The van der Waals surface area contributed by atoms with Gasteiger partial charge in [0, 0.05) is 10.9 Å². The Kier molecular flexibility index (Phi) is 4.84. The minimum Gasteiger partial charge on any atom is -0.467 e. The Hall–Kier alpha value is -3.19. The second kappa shape index (κ2) is 7.59. The molecule has 6 nitrogen and oxygen atoms in total. The second-order valence-corrected chi connectivity index (χ2v) is 6.99. The van der Waals surface area contributed by atoms with Crippen molar-refractivity contribution in [2.24, 2.45) is 0 Å². The van der Waals surface area contributed by atoms with Crippen molar-refractivity contribution in [2.45, 2.75) is 13.5 Å². The van der Waals surface area contributed by atoms with Gasteiger partial charge in [0.15, 0.2) is 0 Å². The Labute approximate surface area is 160 Å². The average molecular weight is 378 g/mol. The predicted molar refractivity (Wildman–Crippen MR) is 107 cm³/mol. The van der Waals surface area contributed by atoms with E-state index in [1.807, 2.05) is 6.07 Å². The van der Waals surface area contributed by atoms with E-state index < -0.39 is 0 Å². The van der Waals surface area contributed by atoms with E-state index >= 15 is 0 Å². The predicted octanol–water partition coefficient (Wildman–Crippen LogP) is 3.99. The summed E-state index contributed by atoms with van der Waals surface area (Å²) in [6.45, 7) is 2.54. The van der Waals surface area contributed by atoms with Crippen LogP contribution in [0.5, 0.6) is 0 Å². The van der Waals surface area contributed by atoms with Gasteiger partial charge in [-0.3, -0.25) is 4.79 Å². The number of furan rings is 1. The van der Waals surface area contributed by atoms with Crippen LogP contribution in [0.2, 0.25) is 0 Å². The van der Waals surface area contributed by atoms with Gasteiger partial charge < -0.3 is 15.1 Å². The average Bonchev–Trinajstić information content (AvgIpc) is 3.35. The molecule has 1 amide bonds. The maximum absolute atomic E-state index is 12.1. The molecular formula is C20H18N4O2S. The number of rotatable bonds is 6. The third-order valence-electron chi connectivity index (χ3n) is 4.19. The summed E-state index contributed by atoms with van der Waals surface area (Å²) in [5, 5.41) is 8.96. The second-order valence-electron chi connectivity index (χ2n) is 6.13. The number of nitrogens with one attached hydrogen (secondary N) is 2. The number of amides is 1. The molecule has 0 aliphatic rings. The zero-order valence-electron chi connectivity index (χ0n) is 14.7. The lowest BCUT2D eigenvalue weighted by molar-refractivity contribution is -0.119. The van der Waals surface area contributed by atoms with Crippen molar-refractivity contribution in [3.63, 3.8) is 0 Å². The third-order valence-corrected chi connectivity index (χ3v) is 5.08. The highest BCUT2D eigenvalue weighted by atomic mass is 32.1. The zero-order valence-corrected chi connectivity index (χ0v) is 15.5. The number of nitrogens with zero attached hydrogens (tertiary/aromatic N) is 2. The molecule has 4 rings (SSSR count). The molecule has 136 valence electrons. The van der Waals surface area contributed by atoms with Crippen LogP contribution in [-0.4, -0.2) is 22.4 Å². The molecule has 0 saturated heterocycles.